The summed E-state index contributed by atoms with van der Waals surface area (Å²) in [5.74, 6) is -0.148. The maximum absolute atomic E-state index is 12.0. The molecular weight excluding hydrogens is 366 g/mol. The molecule has 0 saturated heterocycles. The molecule has 1 aromatic heterocycles. The maximum Gasteiger partial charge on any atom is 0.238 e. The maximum atomic E-state index is 12.0. The van der Waals surface area contributed by atoms with Crippen molar-refractivity contribution in [3.05, 3.63) is 57.8 Å². The van der Waals surface area contributed by atoms with E-state index < -0.39 is 0 Å². The Labute approximate surface area is 143 Å². The van der Waals surface area contributed by atoms with E-state index in [1.54, 1.807) is 18.3 Å². The molecule has 0 aliphatic heterocycles. The number of aromatic nitrogens is 1. The molecule has 4 nitrogen and oxygen atoms in total. The lowest BCUT2D eigenvalue weighted by atomic mass is 10.0. The molecule has 116 valence electrons. The second kappa shape index (κ2) is 8.27. The Morgan fingerprint density at radius 3 is 2.68 bits per heavy atom. The summed E-state index contributed by atoms with van der Waals surface area (Å²) < 4.78 is 1.04. The van der Waals surface area contributed by atoms with Crippen LogP contribution < -0.4 is 10.6 Å². The Hall–Kier alpha value is -1.43. The molecule has 0 spiro atoms. The monoisotopic (exact) mass is 381 g/mol. The Morgan fingerprint density at radius 1 is 1.32 bits per heavy atom. The molecule has 1 atom stereocenters. The van der Waals surface area contributed by atoms with Gasteiger partial charge in [-0.05, 0) is 36.2 Å². The average Bonchev–Trinajstić information content (AvgIpc) is 2.52. The van der Waals surface area contributed by atoms with Crippen LogP contribution in [0.1, 0.15) is 24.9 Å². The molecule has 6 heteroatoms. The van der Waals surface area contributed by atoms with Gasteiger partial charge in [0.05, 0.1) is 12.2 Å². The van der Waals surface area contributed by atoms with Crippen LogP contribution in [0.4, 0.5) is 5.69 Å². The lowest BCUT2D eigenvalue weighted by molar-refractivity contribution is -0.115. The Balaban J connectivity index is 1.91. The van der Waals surface area contributed by atoms with Gasteiger partial charge < -0.3 is 10.6 Å². The van der Waals surface area contributed by atoms with Crippen LogP contribution in [0.2, 0.25) is 5.15 Å². The normalized spacial score (nSPS) is 12.0. The minimum Gasteiger partial charge on any atom is -0.322 e. The van der Waals surface area contributed by atoms with Crippen molar-refractivity contribution in [1.82, 2.24) is 10.3 Å². The molecule has 2 rings (SSSR count). The number of pyridine rings is 1. The van der Waals surface area contributed by atoms with Crippen molar-refractivity contribution in [1.29, 1.82) is 0 Å². The largest absolute Gasteiger partial charge is 0.322 e. The van der Waals surface area contributed by atoms with Crippen LogP contribution in [0.3, 0.4) is 0 Å². The van der Waals surface area contributed by atoms with Gasteiger partial charge in [0, 0.05) is 16.7 Å². The fourth-order valence-corrected chi connectivity index (χ4v) is 2.51. The Bertz CT molecular complexity index is 634. The van der Waals surface area contributed by atoms with E-state index in [2.05, 4.69) is 38.5 Å². The van der Waals surface area contributed by atoms with E-state index in [9.17, 15) is 4.79 Å². The summed E-state index contributed by atoms with van der Waals surface area (Å²) in [6.07, 6.45) is 2.47. The van der Waals surface area contributed by atoms with Crippen molar-refractivity contribution in [2.24, 2.45) is 0 Å². The van der Waals surface area contributed by atoms with E-state index in [-0.39, 0.29) is 23.6 Å². The number of amides is 1. The third-order valence-corrected chi connectivity index (χ3v) is 4.05. The van der Waals surface area contributed by atoms with Gasteiger partial charge in [-0.2, -0.15) is 0 Å². The van der Waals surface area contributed by atoms with Crippen LogP contribution in [0.25, 0.3) is 0 Å². The minimum absolute atomic E-state index is 0.128. The first kappa shape index (κ1) is 16.9. The Kier molecular flexibility index (Phi) is 6.36. The van der Waals surface area contributed by atoms with Gasteiger partial charge in [-0.3, -0.25) is 4.79 Å². The molecule has 0 unspecified atom stereocenters. The molecule has 22 heavy (non-hydrogen) atoms. The molecule has 0 aliphatic carbocycles. The van der Waals surface area contributed by atoms with Crippen molar-refractivity contribution in [3.8, 4) is 0 Å². The summed E-state index contributed by atoms with van der Waals surface area (Å²) in [4.78, 5) is 15.9. The van der Waals surface area contributed by atoms with Gasteiger partial charge in [0.1, 0.15) is 0 Å². The van der Waals surface area contributed by atoms with Crippen molar-refractivity contribution in [2.45, 2.75) is 19.4 Å². The van der Waals surface area contributed by atoms with Crippen LogP contribution in [0.15, 0.2) is 47.1 Å². The third kappa shape index (κ3) is 4.80. The molecule has 0 radical (unpaired) electrons. The first-order valence-electron chi connectivity index (χ1n) is 6.99. The fraction of sp³-hybridized carbons (Fsp3) is 0.250. The van der Waals surface area contributed by atoms with Crippen molar-refractivity contribution in [3.63, 3.8) is 0 Å². The van der Waals surface area contributed by atoms with E-state index in [4.69, 9.17) is 11.6 Å². The van der Waals surface area contributed by atoms with Crippen molar-refractivity contribution >= 4 is 39.1 Å². The zero-order valence-electron chi connectivity index (χ0n) is 12.1. The molecule has 0 bridgehead atoms. The summed E-state index contributed by atoms with van der Waals surface area (Å²) in [5, 5.41) is 6.29. The topological polar surface area (TPSA) is 54.0 Å². The van der Waals surface area contributed by atoms with Crippen molar-refractivity contribution < 1.29 is 4.79 Å². The van der Waals surface area contributed by atoms with Gasteiger partial charge in [0.15, 0.2) is 5.15 Å². The SMILES string of the molecule is CC[C@H](NCC(=O)Nc1cccnc1Cl)c1ccc(Br)cc1. The first-order valence-corrected chi connectivity index (χ1v) is 8.16. The highest BCUT2D eigenvalue weighted by molar-refractivity contribution is 9.10. The standard InChI is InChI=1S/C16H17BrClN3O/c1-2-13(11-5-7-12(17)8-6-11)20-10-15(22)21-14-4-3-9-19-16(14)18/h3-9,13,20H,2,10H2,1H3,(H,21,22)/t13-/m0/s1. The van der Waals surface area contributed by atoms with E-state index in [0.29, 0.717) is 5.69 Å². The molecule has 1 aromatic carbocycles. The third-order valence-electron chi connectivity index (χ3n) is 3.22. The van der Waals surface area contributed by atoms with E-state index in [1.165, 1.54) is 0 Å². The molecular formula is C16H17BrClN3O. The Morgan fingerprint density at radius 2 is 2.05 bits per heavy atom. The van der Waals surface area contributed by atoms with E-state index in [1.807, 2.05) is 24.3 Å². The second-order valence-corrected chi connectivity index (χ2v) is 6.06. The zero-order valence-corrected chi connectivity index (χ0v) is 14.5. The van der Waals surface area contributed by atoms with Crippen LogP contribution in [0, 0.1) is 0 Å². The van der Waals surface area contributed by atoms with Gasteiger partial charge in [-0.15, -0.1) is 0 Å². The predicted octanol–water partition coefficient (Wildman–Crippen LogP) is 4.18. The van der Waals surface area contributed by atoms with Crippen LogP contribution in [-0.2, 0) is 4.79 Å². The van der Waals surface area contributed by atoms with Gasteiger partial charge in [-0.25, -0.2) is 4.98 Å². The quantitative estimate of drug-likeness (QED) is 0.737. The number of nitrogens with one attached hydrogen (secondary N) is 2. The minimum atomic E-state index is -0.148. The molecule has 0 saturated carbocycles. The van der Waals surface area contributed by atoms with E-state index >= 15 is 0 Å². The van der Waals surface area contributed by atoms with Gasteiger partial charge in [-0.1, -0.05) is 46.6 Å². The average molecular weight is 383 g/mol. The summed E-state index contributed by atoms with van der Waals surface area (Å²) in [7, 11) is 0. The highest BCUT2D eigenvalue weighted by Gasteiger charge is 2.11. The smallest absolute Gasteiger partial charge is 0.238 e. The lowest BCUT2D eigenvalue weighted by Crippen LogP contribution is -2.31. The van der Waals surface area contributed by atoms with Gasteiger partial charge in [0.25, 0.3) is 0 Å². The second-order valence-electron chi connectivity index (χ2n) is 4.78. The summed E-state index contributed by atoms with van der Waals surface area (Å²) in [6, 6.07) is 11.7. The van der Waals surface area contributed by atoms with Crippen LogP contribution in [0.5, 0.6) is 0 Å². The number of hydrogen-bond donors (Lipinski definition) is 2. The lowest BCUT2D eigenvalue weighted by Gasteiger charge is -2.17. The summed E-state index contributed by atoms with van der Waals surface area (Å²) in [5.41, 5.74) is 1.67. The molecule has 0 aliphatic rings. The molecule has 2 aromatic rings. The molecule has 2 N–H and O–H groups in total. The zero-order chi connectivity index (χ0) is 15.9. The highest BCUT2D eigenvalue weighted by Crippen LogP contribution is 2.20. The number of benzene rings is 1. The molecule has 1 amide bonds. The predicted molar refractivity (Wildman–Crippen MR) is 93.1 cm³/mol. The molecule has 1 heterocycles. The number of nitrogens with zero attached hydrogens (tertiary/aromatic N) is 1. The number of hydrogen-bond acceptors (Lipinski definition) is 3. The summed E-state index contributed by atoms with van der Waals surface area (Å²) in [6.45, 7) is 2.29. The van der Waals surface area contributed by atoms with Crippen LogP contribution >= 0.6 is 27.5 Å². The fourth-order valence-electron chi connectivity index (χ4n) is 2.08. The number of halogens is 2. The molecule has 0 fully saturated rings. The van der Waals surface area contributed by atoms with Crippen molar-refractivity contribution in [2.75, 3.05) is 11.9 Å². The number of carbonyl (C=O) groups is 1. The van der Waals surface area contributed by atoms with Gasteiger partial charge in [0.2, 0.25) is 5.91 Å². The number of rotatable bonds is 6. The summed E-state index contributed by atoms with van der Waals surface area (Å²) >= 11 is 9.34. The van der Waals surface area contributed by atoms with Gasteiger partial charge >= 0.3 is 0 Å². The first-order chi connectivity index (χ1) is 10.6. The number of carbonyl (C=O) groups excluding carboxylic acids is 1. The van der Waals surface area contributed by atoms with Crippen LogP contribution in [-0.4, -0.2) is 17.4 Å². The number of anilines is 1. The highest BCUT2D eigenvalue weighted by atomic mass is 79.9. The van der Waals surface area contributed by atoms with E-state index in [0.717, 1.165) is 16.5 Å².